The van der Waals surface area contributed by atoms with Crippen LogP contribution < -0.4 is 4.74 Å². The Hall–Kier alpha value is -3.38. The summed E-state index contributed by atoms with van der Waals surface area (Å²) in [5.41, 5.74) is 2.94. The molecule has 2 amide bonds. The highest BCUT2D eigenvalue weighted by molar-refractivity contribution is 5.94. The highest BCUT2D eigenvalue weighted by Gasteiger charge is 2.36. The third kappa shape index (κ3) is 6.02. The number of rotatable bonds is 7. The highest BCUT2D eigenvalue weighted by Crippen LogP contribution is 2.31. The maximum absolute atomic E-state index is 13.1. The quantitative estimate of drug-likeness (QED) is 0.396. The molecule has 0 radical (unpaired) electrons. The number of ether oxygens (including phenoxy) is 1. The van der Waals surface area contributed by atoms with Crippen LogP contribution in [0.15, 0.2) is 60.7 Å². The molecule has 2 aliphatic heterocycles. The van der Waals surface area contributed by atoms with Crippen LogP contribution in [0, 0.1) is 5.92 Å². The van der Waals surface area contributed by atoms with Crippen LogP contribution in [0.5, 0.6) is 5.75 Å². The molecule has 0 N–H and O–H groups in total. The number of likely N-dealkylation sites (N-methyl/N-ethyl adjacent to an activating group) is 1. The molecular weight excluding hydrogens is 498 g/mol. The van der Waals surface area contributed by atoms with Crippen molar-refractivity contribution >= 4 is 22.6 Å². The molecule has 3 fully saturated rings. The fraction of sp³-hybridized carbons (Fsp3) is 0.471. The van der Waals surface area contributed by atoms with Crippen LogP contribution in [-0.4, -0.2) is 72.3 Å². The van der Waals surface area contributed by atoms with Gasteiger partial charge >= 0.3 is 0 Å². The zero-order chi connectivity index (χ0) is 27.5. The van der Waals surface area contributed by atoms with E-state index in [0.29, 0.717) is 18.6 Å². The molecule has 3 aromatic carbocycles. The largest absolute Gasteiger partial charge is 0.489 e. The Balaban J connectivity index is 1.06. The van der Waals surface area contributed by atoms with Gasteiger partial charge in [0.15, 0.2) is 0 Å². The van der Waals surface area contributed by atoms with Crippen molar-refractivity contribution in [3.05, 3.63) is 77.4 Å². The summed E-state index contributed by atoms with van der Waals surface area (Å²) in [6.45, 7) is 4.70. The monoisotopic (exact) mass is 539 g/mol. The van der Waals surface area contributed by atoms with Gasteiger partial charge in [-0.3, -0.25) is 9.59 Å². The zero-order valence-electron chi connectivity index (χ0n) is 23.7. The summed E-state index contributed by atoms with van der Waals surface area (Å²) in [7, 11) is 2.09. The maximum Gasteiger partial charge on any atom is 0.253 e. The number of nitrogens with zero attached hydrogens (tertiary/aromatic N) is 3. The smallest absolute Gasteiger partial charge is 0.253 e. The number of piperazine rings is 1. The van der Waals surface area contributed by atoms with Crippen molar-refractivity contribution < 1.29 is 14.3 Å². The molecule has 1 unspecified atom stereocenters. The van der Waals surface area contributed by atoms with Crippen LogP contribution >= 0.6 is 0 Å². The average Bonchev–Trinajstić information content (AvgIpc) is 3.36. The lowest BCUT2D eigenvalue weighted by Gasteiger charge is -2.32. The lowest BCUT2D eigenvalue weighted by Crippen LogP contribution is -2.47. The van der Waals surface area contributed by atoms with E-state index in [4.69, 9.17) is 4.74 Å². The molecule has 0 aromatic heterocycles. The standard InChI is InChI=1S/C34H41N3O3/c1-35-16-18-36(19-17-35)33(38)29-7-5-6-26(22-29)24-40-32-13-12-27-20-25(10-11-28(27)23-32)21-30-14-15-37(34(30)39)31-8-3-2-4-9-31/h5-7,10-13,20,22-23,30-31H,2-4,8-9,14-19,21,24H2,1H3. The molecule has 0 bridgehead atoms. The van der Waals surface area contributed by atoms with Crippen molar-refractivity contribution in [1.29, 1.82) is 0 Å². The zero-order valence-corrected chi connectivity index (χ0v) is 23.7. The maximum atomic E-state index is 13.1. The van der Waals surface area contributed by atoms with Gasteiger partial charge in [-0.25, -0.2) is 0 Å². The molecule has 1 saturated carbocycles. The van der Waals surface area contributed by atoms with Crippen molar-refractivity contribution in [2.45, 2.75) is 57.6 Å². The van der Waals surface area contributed by atoms with Crippen LogP contribution in [0.3, 0.4) is 0 Å². The number of likely N-dealkylation sites (tertiary alicyclic amines) is 1. The molecule has 1 atom stereocenters. The molecule has 3 aliphatic rings. The number of carbonyl (C=O) groups is 2. The average molecular weight is 540 g/mol. The molecule has 6 heteroatoms. The van der Waals surface area contributed by atoms with Crippen LogP contribution in [0.2, 0.25) is 0 Å². The van der Waals surface area contributed by atoms with E-state index in [-0.39, 0.29) is 11.8 Å². The fourth-order valence-corrected chi connectivity index (χ4v) is 6.64. The minimum Gasteiger partial charge on any atom is -0.489 e. The number of benzene rings is 3. The van der Waals surface area contributed by atoms with Gasteiger partial charge in [0, 0.05) is 50.2 Å². The Morgan fingerprint density at radius 1 is 0.825 bits per heavy atom. The van der Waals surface area contributed by atoms with Gasteiger partial charge in [0.25, 0.3) is 5.91 Å². The minimum atomic E-state index is 0.0949. The summed E-state index contributed by atoms with van der Waals surface area (Å²) in [5, 5.41) is 2.29. The van der Waals surface area contributed by atoms with Gasteiger partial charge < -0.3 is 19.4 Å². The van der Waals surface area contributed by atoms with E-state index in [2.05, 4.69) is 47.2 Å². The Kier molecular flexibility index (Phi) is 8.05. The third-order valence-electron chi connectivity index (χ3n) is 9.09. The van der Waals surface area contributed by atoms with Crippen molar-refractivity contribution in [3.63, 3.8) is 0 Å². The van der Waals surface area contributed by atoms with Crippen molar-refractivity contribution in [3.8, 4) is 5.75 Å². The second-order valence-electron chi connectivity index (χ2n) is 11.9. The normalized spacial score (nSPS) is 20.8. The van der Waals surface area contributed by atoms with Crippen molar-refractivity contribution in [2.75, 3.05) is 39.8 Å². The predicted molar refractivity (Wildman–Crippen MR) is 159 cm³/mol. The molecule has 6 nitrogen and oxygen atoms in total. The Labute approximate surface area is 237 Å². The van der Waals surface area contributed by atoms with E-state index >= 15 is 0 Å². The summed E-state index contributed by atoms with van der Waals surface area (Å²) in [4.78, 5) is 32.5. The lowest BCUT2D eigenvalue weighted by molar-refractivity contribution is -0.133. The Bertz CT molecular complexity index is 1360. The molecule has 3 aromatic rings. The number of hydrogen-bond acceptors (Lipinski definition) is 4. The lowest BCUT2D eigenvalue weighted by atomic mass is 9.93. The highest BCUT2D eigenvalue weighted by atomic mass is 16.5. The molecule has 2 heterocycles. The van der Waals surface area contributed by atoms with E-state index < -0.39 is 0 Å². The number of carbonyl (C=O) groups excluding carboxylic acids is 2. The first kappa shape index (κ1) is 26.8. The van der Waals surface area contributed by atoms with E-state index in [1.54, 1.807) is 0 Å². The molecular formula is C34H41N3O3. The third-order valence-corrected chi connectivity index (χ3v) is 9.09. The second-order valence-corrected chi connectivity index (χ2v) is 11.9. The topological polar surface area (TPSA) is 53.1 Å². The fourth-order valence-electron chi connectivity index (χ4n) is 6.64. The van der Waals surface area contributed by atoms with Gasteiger partial charge in [0.2, 0.25) is 5.91 Å². The van der Waals surface area contributed by atoms with Gasteiger partial charge in [-0.2, -0.15) is 0 Å². The summed E-state index contributed by atoms with van der Waals surface area (Å²) in [5.74, 6) is 1.38. The molecule has 40 heavy (non-hydrogen) atoms. The van der Waals surface area contributed by atoms with Crippen LogP contribution in [0.1, 0.15) is 60.0 Å². The predicted octanol–water partition coefficient (Wildman–Crippen LogP) is 5.53. The van der Waals surface area contributed by atoms with Crippen molar-refractivity contribution in [1.82, 2.24) is 14.7 Å². The van der Waals surface area contributed by atoms with Crippen LogP contribution in [0.4, 0.5) is 0 Å². The van der Waals surface area contributed by atoms with E-state index in [9.17, 15) is 9.59 Å². The Morgan fingerprint density at radius 3 is 2.42 bits per heavy atom. The summed E-state index contributed by atoms with van der Waals surface area (Å²) in [6.07, 6.45) is 7.99. The number of hydrogen-bond donors (Lipinski definition) is 0. The summed E-state index contributed by atoms with van der Waals surface area (Å²) < 4.78 is 6.13. The van der Waals surface area contributed by atoms with Gasteiger partial charge in [0.05, 0.1) is 0 Å². The van der Waals surface area contributed by atoms with E-state index in [1.807, 2.05) is 35.2 Å². The molecule has 0 spiro atoms. The second kappa shape index (κ2) is 12.0. The van der Waals surface area contributed by atoms with Gasteiger partial charge in [0.1, 0.15) is 12.4 Å². The van der Waals surface area contributed by atoms with Crippen LogP contribution in [0.25, 0.3) is 10.8 Å². The van der Waals surface area contributed by atoms with Crippen LogP contribution in [-0.2, 0) is 17.8 Å². The van der Waals surface area contributed by atoms with Gasteiger partial charge in [-0.1, -0.05) is 55.7 Å². The summed E-state index contributed by atoms with van der Waals surface area (Å²) >= 11 is 0. The Morgan fingerprint density at radius 2 is 1.60 bits per heavy atom. The van der Waals surface area contributed by atoms with Gasteiger partial charge in [-0.05, 0) is 78.9 Å². The van der Waals surface area contributed by atoms with Crippen molar-refractivity contribution in [2.24, 2.45) is 5.92 Å². The van der Waals surface area contributed by atoms with E-state index in [1.165, 1.54) is 43.1 Å². The molecule has 6 rings (SSSR count). The van der Waals surface area contributed by atoms with E-state index in [0.717, 1.165) is 67.8 Å². The molecule has 1 aliphatic carbocycles. The molecule has 2 saturated heterocycles. The first-order chi connectivity index (χ1) is 19.5. The number of amides is 2. The number of fused-ring (bicyclic) bond motifs is 1. The van der Waals surface area contributed by atoms with Gasteiger partial charge in [-0.15, -0.1) is 0 Å². The first-order valence-corrected chi connectivity index (χ1v) is 15.1. The molecule has 210 valence electrons. The first-order valence-electron chi connectivity index (χ1n) is 15.1. The minimum absolute atomic E-state index is 0.0949. The SMILES string of the molecule is CN1CCN(C(=O)c2cccc(COc3ccc4cc(CC5CCN(C6CCCCC6)C5=O)ccc4c3)c2)CC1. The summed E-state index contributed by atoms with van der Waals surface area (Å²) in [6, 6.07) is 21.0.